The highest BCUT2D eigenvalue weighted by molar-refractivity contribution is 5.96. The van der Waals surface area contributed by atoms with E-state index in [1.54, 1.807) is 24.3 Å². The van der Waals surface area contributed by atoms with E-state index in [9.17, 15) is 14.4 Å². The van der Waals surface area contributed by atoms with Crippen LogP contribution in [-0.4, -0.2) is 43.8 Å². The zero-order chi connectivity index (χ0) is 20.6. The predicted octanol–water partition coefficient (Wildman–Crippen LogP) is 2.42. The molecule has 2 aliphatic rings. The van der Waals surface area contributed by atoms with Gasteiger partial charge in [0, 0.05) is 12.1 Å². The maximum atomic E-state index is 11.9. The summed E-state index contributed by atoms with van der Waals surface area (Å²) < 4.78 is 15.8. The minimum absolute atomic E-state index is 0.0630. The lowest BCUT2D eigenvalue weighted by atomic mass is 9.86. The second-order valence-corrected chi connectivity index (χ2v) is 7.23. The first kappa shape index (κ1) is 20.7. The van der Waals surface area contributed by atoms with Gasteiger partial charge in [0.25, 0.3) is 5.91 Å². The molecule has 0 unspecified atom stereocenters. The van der Waals surface area contributed by atoms with Gasteiger partial charge in [-0.15, -0.1) is 0 Å². The summed E-state index contributed by atoms with van der Waals surface area (Å²) in [5.74, 6) is 0.300. The van der Waals surface area contributed by atoms with Gasteiger partial charge < -0.3 is 19.5 Å². The van der Waals surface area contributed by atoms with Crippen molar-refractivity contribution in [2.45, 2.75) is 38.6 Å². The Hall–Kier alpha value is -3.03. The topological polar surface area (TPSA) is 103 Å². The maximum Gasteiger partial charge on any atom is 0.331 e. The first-order chi connectivity index (χ1) is 14.0. The van der Waals surface area contributed by atoms with Crippen molar-refractivity contribution in [1.82, 2.24) is 10.6 Å². The van der Waals surface area contributed by atoms with Crippen LogP contribution in [0, 0.1) is 5.92 Å². The molecule has 156 valence electrons. The van der Waals surface area contributed by atoms with E-state index in [0.29, 0.717) is 30.6 Å². The van der Waals surface area contributed by atoms with Gasteiger partial charge in [-0.1, -0.05) is 25.8 Å². The Kier molecular flexibility index (Phi) is 7.10. The number of carbonyl (C=O) groups excluding carboxylic acids is 3. The van der Waals surface area contributed by atoms with Gasteiger partial charge in [0.05, 0.1) is 0 Å². The van der Waals surface area contributed by atoms with Gasteiger partial charge in [-0.3, -0.25) is 10.1 Å². The van der Waals surface area contributed by atoms with Crippen molar-refractivity contribution >= 4 is 24.0 Å². The summed E-state index contributed by atoms with van der Waals surface area (Å²) in [6.45, 7) is 2.54. The molecule has 2 N–H and O–H groups in total. The van der Waals surface area contributed by atoms with E-state index in [0.717, 1.165) is 31.2 Å². The molecule has 8 nitrogen and oxygen atoms in total. The molecule has 1 aliphatic carbocycles. The summed E-state index contributed by atoms with van der Waals surface area (Å²) in [4.78, 5) is 35.5. The molecule has 1 fully saturated rings. The van der Waals surface area contributed by atoms with Crippen LogP contribution in [0.15, 0.2) is 24.3 Å². The third-order valence-electron chi connectivity index (χ3n) is 5.00. The van der Waals surface area contributed by atoms with Crippen LogP contribution < -0.4 is 20.1 Å². The van der Waals surface area contributed by atoms with Crippen LogP contribution in [-0.2, 0) is 14.3 Å². The van der Waals surface area contributed by atoms with Crippen molar-refractivity contribution in [2.75, 3.05) is 19.8 Å². The monoisotopic (exact) mass is 402 g/mol. The second-order valence-electron chi connectivity index (χ2n) is 7.23. The fourth-order valence-corrected chi connectivity index (χ4v) is 3.41. The summed E-state index contributed by atoms with van der Waals surface area (Å²) in [5.41, 5.74) is 0.733. The number of amides is 3. The Balaban J connectivity index is 1.40. The number of nitrogens with one attached hydrogen (secondary N) is 2. The van der Waals surface area contributed by atoms with Crippen LogP contribution in [0.2, 0.25) is 0 Å². The Morgan fingerprint density at radius 2 is 1.90 bits per heavy atom. The van der Waals surface area contributed by atoms with E-state index in [4.69, 9.17) is 14.2 Å². The van der Waals surface area contributed by atoms with Gasteiger partial charge in [0.15, 0.2) is 18.1 Å². The summed E-state index contributed by atoms with van der Waals surface area (Å²) in [6.07, 6.45) is 6.96. The lowest BCUT2D eigenvalue weighted by Crippen LogP contribution is -2.48. The van der Waals surface area contributed by atoms with E-state index < -0.39 is 24.5 Å². The molecule has 1 saturated carbocycles. The number of hydrogen-bond donors (Lipinski definition) is 2. The number of urea groups is 1. The van der Waals surface area contributed by atoms with E-state index in [2.05, 4.69) is 17.6 Å². The largest absolute Gasteiger partial charge is 0.486 e. The molecule has 3 rings (SSSR count). The highest BCUT2D eigenvalue weighted by Crippen LogP contribution is 2.31. The molecular formula is C21H26N2O6. The lowest BCUT2D eigenvalue weighted by Gasteiger charge is -2.29. The number of carbonyl (C=O) groups is 3. The molecule has 0 aromatic heterocycles. The molecule has 8 heteroatoms. The molecule has 1 aromatic rings. The normalized spacial score (nSPS) is 20.7. The summed E-state index contributed by atoms with van der Waals surface area (Å²) in [7, 11) is 0. The summed E-state index contributed by atoms with van der Waals surface area (Å²) in [6, 6.07) is 4.80. The third-order valence-corrected chi connectivity index (χ3v) is 5.00. The number of rotatable bonds is 5. The Bertz CT molecular complexity index is 791. The molecule has 29 heavy (non-hydrogen) atoms. The highest BCUT2D eigenvalue weighted by atomic mass is 16.6. The minimum atomic E-state index is -0.684. The lowest BCUT2D eigenvalue weighted by molar-refractivity contribution is -0.143. The van der Waals surface area contributed by atoms with E-state index in [-0.39, 0.29) is 6.04 Å². The van der Waals surface area contributed by atoms with Gasteiger partial charge in [-0.2, -0.15) is 0 Å². The minimum Gasteiger partial charge on any atom is -0.486 e. The highest BCUT2D eigenvalue weighted by Gasteiger charge is 2.23. The molecule has 0 saturated heterocycles. The Labute approximate surface area is 169 Å². The zero-order valence-electron chi connectivity index (χ0n) is 16.4. The van der Waals surface area contributed by atoms with Gasteiger partial charge >= 0.3 is 12.0 Å². The van der Waals surface area contributed by atoms with Crippen molar-refractivity contribution in [3.8, 4) is 11.5 Å². The maximum absolute atomic E-state index is 11.9. The van der Waals surface area contributed by atoms with Crippen LogP contribution in [0.4, 0.5) is 4.79 Å². The molecule has 3 amide bonds. The predicted molar refractivity (Wildman–Crippen MR) is 106 cm³/mol. The van der Waals surface area contributed by atoms with E-state index in [1.807, 2.05) is 0 Å². The molecule has 1 aromatic carbocycles. The molecule has 0 bridgehead atoms. The van der Waals surface area contributed by atoms with Crippen LogP contribution in [0.5, 0.6) is 11.5 Å². The molecule has 2 atom stereocenters. The first-order valence-corrected chi connectivity index (χ1v) is 9.86. The van der Waals surface area contributed by atoms with Gasteiger partial charge in [-0.25, -0.2) is 9.59 Å². The number of fused-ring (bicyclic) bond motifs is 1. The standard InChI is InChI=1S/C21H26N2O6/c1-14-4-2-3-5-16(14)22-21(26)23-19(24)13-29-20(25)9-7-15-6-8-17-18(12-15)28-11-10-27-17/h6-9,12,14,16H,2-5,10-11,13H2,1H3,(H2,22,23,24,26)/b9-7+/t14-,16-/m1/s1. The Morgan fingerprint density at radius 1 is 1.14 bits per heavy atom. The first-order valence-electron chi connectivity index (χ1n) is 9.86. The molecule has 1 aliphatic heterocycles. The molecule has 1 heterocycles. The number of hydrogen-bond acceptors (Lipinski definition) is 6. The van der Waals surface area contributed by atoms with Crippen LogP contribution in [0.25, 0.3) is 6.08 Å². The van der Waals surface area contributed by atoms with Crippen LogP contribution in [0.1, 0.15) is 38.2 Å². The average molecular weight is 402 g/mol. The number of esters is 1. The van der Waals surface area contributed by atoms with Crippen LogP contribution >= 0.6 is 0 Å². The molecular weight excluding hydrogens is 376 g/mol. The average Bonchev–Trinajstić information content (AvgIpc) is 2.72. The van der Waals surface area contributed by atoms with Gasteiger partial charge in [0.1, 0.15) is 13.2 Å². The second kappa shape index (κ2) is 9.95. The summed E-state index contributed by atoms with van der Waals surface area (Å²) >= 11 is 0. The Morgan fingerprint density at radius 3 is 2.69 bits per heavy atom. The van der Waals surface area contributed by atoms with Gasteiger partial charge in [0.2, 0.25) is 0 Å². The third kappa shape index (κ3) is 6.23. The van der Waals surface area contributed by atoms with Crippen molar-refractivity contribution in [2.24, 2.45) is 5.92 Å². The van der Waals surface area contributed by atoms with Crippen molar-refractivity contribution in [3.63, 3.8) is 0 Å². The number of ether oxygens (including phenoxy) is 3. The SMILES string of the molecule is C[C@@H]1CCCC[C@H]1NC(=O)NC(=O)COC(=O)/C=C/c1ccc2c(c1)OCCO2. The van der Waals surface area contributed by atoms with E-state index >= 15 is 0 Å². The fourth-order valence-electron chi connectivity index (χ4n) is 3.41. The van der Waals surface area contributed by atoms with Crippen LogP contribution in [0.3, 0.4) is 0 Å². The van der Waals surface area contributed by atoms with Crippen molar-refractivity contribution in [1.29, 1.82) is 0 Å². The smallest absolute Gasteiger partial charge is 0.331 e. The number of imide groups is 1. The van der Waals surface area contributed by atoms with E-state index in [1.165, 1.54) is 6.08 Å². The quantitative estimate of drug-likeness (QED) is 0.579. The zero-order valence-corrected chi connectivity index (χ0v) is 16.4. The fraction of sp³-hybridized carbons (Fsp3) is 0.476. The molecule has 0 radical (unpaired) electrons. The summed E-state index contributed by atoms with van der Waals surface area (Å²) in [5, 5.41) is 5.00. The van der Waals surface area contributed by atoms with Crippen molar-refractivity contribution in [3.05, 3.63) is 29.8 Å². The number of benzene rings is 1. The van der Waals surface area contributed by atoms with Gasteiger partial charge in [-0.05, 0) is 42.5 Å². The molecule has 0 spiro atoms. The van der Waals surface area contributed by atoms with Crippen molar-refractivity contribution < 1.29 is 28.6 Å².